The van der Waals surface area contributed by atoms with E-state index in [0.717, 1.165) is 12.8 Å². The number of benzene rings is 1. The van der Waals surface area contributed by atoms with Crippen LogP contribution in [0.1, 0.15) is 26.7 Å². The minimum atomic E-state index is -1.03. The molecule has 0 bridgehead atoms. The van der Waals surface area contributed by atoms with Crippen molar-refractivity contribution < 1.29 is 19.4 Å². The number of hydrogen-bond acceptors (Lipinski definition) is 3. The van der Waals surface area contributed by atoms with Gasteiger partial charge < -0.3 is 20.5 Å². The van der Waals surface area contributed by atoms with Crippen LogP contribution in [0, 0.1) is 5.92 Å². The summed E-state index contributed by atoms with van der Waals surface area (Å²) >= 11 is 0. The maximum Gasteiger partial charge on any atom is 0.341 e. The molecule has 0 saturated carbocycles. The second kappa shape index (κ2) is 8.84. The third kappa shape index (κ3) is 6.65. The van der Waals surface area contributed by atoms with E-state index in [1.807, 2.05) is 0 Å². The molecule has 116 valence electrons. The molecule has 0 unspecified atom stereocenters. The van der Waals surface area contributed by atoms with Gasteiger partial charge in [-0.3, -0.25) is 0 Å². The van der Waals surface area contributed by atoms with Gasteiger partial charge in [0, 0.05) is 12.2 Å². The SMILES string of the molecule is CCC(CC)CNC(=O)Nc1ccc(OCC(=O)O)cc1. The normalized spacial score (nSPS) is 10.2. The van der Waals surface area contributed by atoms with Gasteiger partial charge >= 0.3 is 12.0 Å². The molecule has 2 amide bonds. The highest BCUT2D eigenvalue weighted by Gasteiger charge is 2.07. The molecular formula is C15H22N2O4. The van der Waals surface area contributed by atoms with Crippen LogP contribution in [0.15, 0.2) is 24.3 Å². The minimum absolute atomic E-state index is 0.249. The van der Waals surface area contributed by atoms with Gasteiger partial charge in [0.25, 0.3) is 0 Å². The lowest BCUT2D eigenvalue weighted by Gasteiger charge is -2.14. The van der Waals surface area contributed by atoms with Gasteiger partial charge in [0.05, 0.1) is 0 Å². The average Bonchev–Trinajstić information content (AvgIpc) is 2.47. The third-order valence-corrected chi connectivity index (χ3v) is 3.18. The molecular weight excluding hydrogens is 272 g/mol. The zero-order valence-electron chi connectivity index (χ0n) is 12.4. The van der Waals surface area contributed by atoms with Crippen molar-refractivity contribution in [1.82, 2.24) is 5.32 Å². The average molecular weight is 294 g/mol. The summed E-state index contributed by atoms with van der Waals surface area (Å²) in [6, 6.07) is 6.29. The molecule has 0 atom stereocenters. The standard InChI is InChI=1S/C15H22N2O4/c1-3-11(4-2)9-16-15(20)17-12-5-7-13(8-6-12)21-10-14(18)19/h5-8,11H,3-4,9-10H2,1-2H3,(H,18,19)(H2,16,17,20). The van der Waals surface area contributed by atoms with Crippen molar-refractivity contribution in [1.29, 1.82) is 0 Å². The van der Waals surface area contributed by atoms with Crippen LogP contribution in [-0.4, -0.2) is 30.3 Å². The second-order valence-corrected chi connectivity index (χ2v) is 4.72. The van der Waals surface area contributed by atoms with Crippen LogP contribution in [0.5, 0.6) is 5.75 Å². The van der Waals surface area contributed by atoms with Crippen molar-refractivity contribution in [2.24, 2.45) is 5.92 Å². The number of carboxylic acids is 1. The van der Waals surface area contributed by atoms with Crippen molar-refractivity contribution in [2.75, 3.05) is 18.5 Å². The number of anilines is 1. The van der Waals surface area contributed by atoms with E-state index in [4.69, 9.17) is 9.84 Å². The Kier molecular flexibility index (Phi) is 7.08. The maximum absolute atomic E-state index is 11.7. The predicted octanol–water partition coefficient (Wildman–Crippen LogP) is 2.71. The molecule has 0 aliphatic heterocycles. The van der Waals surface area contributed by atoms with Crippen LogP contribution in [0.25, 0.3) is 0 Å². The molecule has 1 rings (SSSR count). The first-order valence-electron chi connectivity index (χ1n) is 7.04. The fourth-order valence-electron chi connectivity index (χ4n) is 1.77. The molecule has 21 heavy (non-hydrogen) atoms. The van der Waals surface area contributed by atoms with Crippen molar-refractivity contribution in [3.63, 3.8) is 0 Å². The largest absolute Gasteiger partial charge is 0.482 e. The predicted molar refractivity (Wildman–Crippen MR) is 80.7 cm³/mol. The lowest BCUT2D eigenvalue weighted by molar-refractivity contribution is -0.139. The van der Waals surface area contributed by atoms with Gasteiger partial charge in [-0.25, -0.2) is 9.59 Å². The van der Waals surface area contributed by atoms with Gasteiger partial charge in [-0.15, -0.1) is 0 Å². The number of urea groups is 1. The Bertz CT molecular complexity index is 455. The Morgan fingerprint density at radius 2 is 1.81 bits per heavy atom. The number of aliphatic carboxylic acids is 1. The zero-order chi connectivity index (χ0) is 15.7. The quantitative estimate of drug-likeness (QED) is 0.688. The van der Waals surface area contributed by atoms with E-state index in [1.54, 1.807) is 24.3 Å². The number of hydrogen-bond donors (Lipinski definition) is 3. The Morgan fingerprint density at radius 3 is 2.33 bits per heavy atom. The molecule has 1 aromatic rings. The summed E-state index contributed by atoms with van der Waals surface area (Å²) in [7, 11) is 0. The van der Waals surface area contributed by atoms with E-state index in [-0.39, 0.29) is 12.6 Å². The fourth-order valence-corrected chi connectivity index (χ4v) is 1.77. The molecule has 0 aliphatic carbocycles. The van der Waals surface area contributed by atoms with Gasteiger partial charge in [-0.05, 0) is 30.2 Å². The number of carboxylic acid groups (broad SMARTS) is 1. The highest BCUT2D eigenvalue weighted by atomic mass is 16.5. The van der Waals surface area contributed by atoms with E-state index < -0.39 is 5.97 Å². The first-order chi connectivity index (χ1) is 10.0. The van der Waals surface area contributed by atoms with Crippen LogP contribution in [0.2, 0.25) is 0 Å². The molecule has 0 fully saturated rings. The summed E-state index contributed by atoms with van der Waals surface area (Å²) in [5, 5.41) is 14.0. The van der Waals surface area contributed by atoms with E-state index >= 15 is 0 Å². The highest BCUT2D eigenvalue weighted by Crippen LogP contribution is 2.15. The van der Waals surface area contributed by atoms with Gasteiger partial charge in [0.1, 0.15) is 5.75 Å². The Labute approximate surface area is 124 Å². The van der Waals surface area contributed by atoms with Crippen molar-refractivity contribution >= 4 is 17.7 Å². The Balaban J connectivity index is 2.40. The number of nitrogens with one attached hydrogen (secondary N) is 2. The number of amides is 2. The Hall–Kier alpha value is -2.24. The summed E-state index contributed by atoms with van der Waals surface area (Å²) in [6.07, 6.45) is 2.07. The summed E-state index contributed by atoms with van der Waals surface area (Å²) in [6.45, 7) is 4.47. The molecule has 6 heteroatoms. The van der Waals surface area contributed by atoms with Gasteiger partial charge in [-0.2, -0.15) is 0 Å². The molecule has 0 radical (unpaired) electrons. The summed E-state index contributed by atoms with van der Waals surface area (Å²) < 4.78 is 5.01. The van der Waals surface area contributed by atoms with Crippen LogP contribution in [-0.2, 0) is 4.79 Å². The number of rotatable bonds is 8. The zero-order valence-corrected chi connectivity index (χ0v) is 12.4. The summed E-state index contributed by atoms with van der Waals surface area (Å²) in [5.41, 5.74) is 0.625. The van der Waals surface area contributed by atoms with Crippen LogP contribution >= 0.6 is 0 Å². The van der Waals surface area contributed by atoms with Crippen LogP contribution < -0.4 is 15.4 Å². The lowest BCUT2D eigenvalue weighted by atomic mass is 10.0. The Morgan fingerprint density at radius 1 is 1.19 bits per heavy atom. The number of ether oxygens (including phenoxy) is 1. The number of carbonyl (C=O) groups is 2. The molecule has 0 heterocycles. The van der Waals surface area contributed by atoms with Crippen LogP contribution in [0.3, 0.4) is 0 Å². The molecule has 3 N–H and O–H groups in total. The van der Waals surface area contributed by atoms with Crippen molar-refractivity contribution in [2.45, 2.75) is 26.7 Å². The fraction of sp³-hybridized carbons (Fsp3) is 0.467. The first-order valence-corrected chi connectivity index (χ1v) is 7.04. The monoisotopic (exact) mass is 294 g/mol. The van der Waals surface area contributed by atoms with E-state index in [9.17, 15) is 9.59 Å². The molecule has 0 aromatic heterocycles. The smallest absolute Gasteiger partial charge is 0.341 e. The van der Waals surface area contributed by atoms with E-state index in [1.165, 1.54) is 0 Å². The minimum Gasteiger partial charge on any atom is -0.482 e. The van der Waals surface area contributed by atoms with E-state index in [0.29, 0.717) is 23.9 Å². The lowest BCUT2D eigenvalue weighted by Crippen LogP contribution is -2.32. The van der Waals surface area contributed by atoms with E-state index in [2.05, 4.69) is 24.5 Å². The first kappa shape index (κ1) is 16.8. The molecule has 0 spiro atoms. The third-order valence-electron chi connectivity index (χ3n) is 3.18. The molecule has 1 aromatic carbocycles. The summed E-state index contributed by atoms with van der Waals surface area (Å²) in [5.74, 6) is -0.0964. The summed E-state index contributed by atoms with van der Waals surface area (Å²) in [4.78, 5) is 22.1. The molecule has 0 saturated heterocycles. The van der Waals surface area contributed by atoms with Gasteiger partial charge in [-0.1, -0.05) is 26.7 Å². The number of carbonyl (C=O) groups excluding carboxylic acids is 1. The van der Waals surface area contributed by atoms with Gasteiger partial charge in [0.15, 0.2) is 6.61 Å². The highest BCUT2D eigenvalue weighted by molar-refractivity contribution is 5.89. The maximum atomic E-state index is 11.7. The van der Waals surface area contributed by atoms with Crippen molar-refractivity contribution in [3.8, 4) is 5.75 Å². The second-order valence-electron chi connectivity index (χ2n) is 4.72. The van der Waals surface area contributed by atoms with Crippen molar-refractivity contribution in [3.05, 3.63) is 24.3 Å². The topological polar surface area (TPSA) is 87.7 Å². The molecule has 0 aliphatic rings. The van der Waals surface area contributed by atoms with Crippen LogP contribution in [0.4, 0.5) is 10.5 Å². The van der Waals surface area contributed by atoms with Gasteiger partial charge in [0.2, 0.25) is 0 Å². The molecule has 6 nitrogen and oxygen atoms in total.